The molecule has 1 saturated heterocycles. The fourth-order valence-electron chi connectivity index (χ4n) is 4.49. The lowest BCUT2D eigenvalue weighted by molar-refractivity contribution is -0.122. The van der Waals surface area contributed by atoms with Crippen molar-refractivity contribution in [2.24, 2.45) is 5.92 Å². The van der Waals surface area contributed by atoms with Crippen LogP contribution >= 0.6 is 11.6 Å². The van der Waals surface area contributed by atoms with Gasteiger partial charge in [0.25, 0.3) is 0 Å². The van der Waals surface area contributed by atoms with Gasteiger partial charge in [-0.3, -0.25) is 9.59 Å². The Balaban J connectivity index is 1.29. The minimum Gasteiger partial charge on any atom is -0.312 e. The van der Waals surface area contributed by atoms with Gasteiger partial charge in [-0.15, -0.1) is 0 Å². The second kappa shape index (κ2) is 9.14. The normalized spacial score (nSPS) is 15.5. The molecule has 4 heterocycles. The van der Waals surface area contributed by atoms with E-state index in [-0.39, 0.29) is 18.2 Å². The van der Waals surface area contributed by atoms with E-state index >= 15 is 0 Å². The number of hydrogen-bond donors (Lipinski definition) is 1. The highest BCUT2D eigenvalue weighted by Gasteiger charge is 2.35. The van der Waals surface area contributed by atoms with Gasteiger partial charge in [-0.2, -0.15) is 14.9 Å². The Kier molecular flexibility index (Phi) is 5.65. The van der Waals surface area contributed by atoms with Crippen LogP contribution in [0.2, 0.25) is 5.02 Å². The number of para-hydroxylation sites is 1. The van der Waals surface area contributed by atoms with E-state index in [1.165, 1.54) is 6.33 Å². The molecule has 0 spiro atoms. The first-order chi connectivity index (χ1) is 18.0. The second-order valence-corrected chi connectivity index (χ2v) is 9.22. The number of benzene rings is 2. The first-order valence-corrected chi connectivity index (χ1v) is 12.0. The molecule has 1 N–H and O–H groups in total. The first-order valence-electron chi connectivity index (χ1n) is 11.7. The lowest BCUT2D eigenvalue weighted by Gasteiger charge is -2.16. The highest BCUT2D eigenvalue weighted by atomic mass is 35.5. The number of anilines is 2. The number of rotatable bonds is 5. The predicted molar refractivity (Wildman–Crippen MR) is 139 cm³/mol. The van der Waals surface area contributed by atoms with Gasteiger partial charge < -0.3 is 10.2 Å². The molecule has 10 nitrogen and oxygen atoms in total. The van der Waals surface area contributed by atoms with Crippen molar-refractivity contribution in [1.82, 2.24) is 29.5 Å². The molecular weight excluding hydrogens is 492 g/mol. The highest BCUT2D eigenvalue weighted by Crippen LogP contribution is 2.28. The van der Waals surface area contributed by atoms with Crippen molar-refractivity contribution in [3.05, 3.63) is 83.9 Å². The summed E-state index contributed by atoms with van der Waals surface area (Å²) in [7, 11) is 0. The third-order valence-corrected chi connectivity index (χ3v) is 6.52. The molecule has 1 fully saturated rings. The van der Waals surface area contributed by atoms with Crippen molar-refractivity contribution < 1.29 is 9.59 Å². The summed E-state index contributed by atoms with van der Waals surface area (Å²) >= 11 is 6.03. The summed E-state index contributed by atoms with van der Waals surface area (Å²) in [5, 5.41) is 13.3. The van der Waals surface area contributed by atoms with Gasteiger partial charge in [-0.1, -0.05) is 29.8 Å². The molecule has 6 rings (SSSR count). The molecular formula is C26H21ClN8O2. The molecule has 1 aliphatic rings. The summed E-state index contributed by atoms with van der Waals surface area (Å²) in [5.74, 6) is 0.0991. The van der Waals surface area contributed by atoms with Crippen molar-refractivity contribution in [1.29, 1.82) is 0 Å². The van der Waals surface area contributed by atoms with E-state index in [1.54, 1.807) is 38.7 Å². The maximum atomic E-state index is 13.2. The maximum Gasteiger partial charge on any atom is 0.230 e. The van der Waals surface area contributed by atoms with Gasteiger partial charge in [0.1, 0.15) is 12.1 Å². The molecule has 11 heteroatoms. The maximum absolute atomic E-state index is 13.2. The Labute approximate surface area is 216 Å². The number of carbonyl (C=O) groups is 2. The minimum absolute atomic E-state index is 0.0804. The zero-order chi connectivity index (χ0) is 25.5. The molecule has 2 amide bonds. The summed E-state index contributed by atoms with van der Waals surface area (Å²) in [4.78, 5) is 36.3. The molecule has 0 bridgehead atoms. The van der Waals surface area contributed by atoms with E-state index in [9.17, 15) is 9.59 Å². The van der Waals surface area contributed by atoms with Crippen LogP contribution in [0, 0.1) is 12.8 Å². The summed E-state index contributed by atoms with van der Waals surface area (Å²) in [6, 6.07) is 18.4. The van der Waals surface area contributed by atoms with Gasteiger partial charge in [0.2, 0.25) is 11.8 Å². The van der Waals surface area contributed by atoms with E-state index in [4.69, 9.17) is 11.6 Å². The third kappa shape index (κ3) is 4.21. The number of nitrogens with zero attached hydrogens (tertiary/aromatic N) is 7. The fourth-order valence-corrected chi connectivity index (χ4v) is 4.62. The first kappa shape index (κ1) is 22.9. The van der Waals surface area contributed by atoms with Crippen LogP contribution in [0.3, 0.4) is 0 Å². The van der Waals surface area contributed by atoms with Crippen LogP contribution in [0.25, 0.3) is 22.5 Å². The van der Waals surface area contributed by atoms with E-state index in [0.717, 1.165) is 11.4 Å². The van der Waals surface area contributed by atoms with Gasteiger partial charge in [0, 0.05) is 29.7 Å². The average molecular weight is 513 g/mol. The number of aryl methyl sites for hydroxylation is 1. The van der Waals surface area contributed by atoms with Crippen LogP contribution < -0.4 is 10.2 Å². The third-order valence-electron chi connectivity index (χ3n) is 6.26. The second-order valence-electron chi connectivity index (χ2n) is 8.78. The van der Waals surface area contributed by atoms with Crippen LogP contribution in [0.15, 0.2) is 73.2 Å². The summed E-state index contributed by atoms with van der Waals surface area (Å²) in [5.41, 5.74) is 2.85. The number of carbonyl (C=O) groups excluding carboxylic acids is 2. The van der Waals surface area contributed by atoms with Crippen molar-refractivity contribution >= 4 is 46.0 Å². The highest BCUT2D eigenvalue weighted by molar-refractivity contribution is 6.30. The minimum atomic E-state index is -0.491. The Morgan fingerprint density at radius 2 is 1.81 bits per heavy atom. The molecule has 1 aliphatic heterocycles. The number of amides is 2. The smallest absolute Gasteiger partial charge is 0.230 e. The molecule has 3 aromatic heterocycles. The lowest BCUT2D eigenvalue weighted by atomic mass is 10.1. The van der Waals surface area contributed by atoms with Crippen LogP contribution in [-0.4, -0.2) is 47.9 Å². The molecule has 1 unspecified atom stereocenters. The van der Waals surface area contributed by atoms with E-state index in [2.05, 4.69) is 25.5 Å². The van der Waals surface area contributed by atoms with Crippen LogP contribution in [-0.2, 0) is 9.59 Å². The molecule has 5 aromatic rings. The lowest BCUT2D eigenvalue weighted by Crippen LogP contribution is -2.28. The van der Waals surface area contributed by atoms with Gasteiger partial charge in [-0.25, -0.2) is 14.6 Å². The number of nitrogens with one attached hydrogen (secondary N) is 1. The standard InChI is InChI=1S/C26H21ClN8O2/c1-16-11-22(31-26(37)17-12-23(36)33(14-17)19-5-3-2-4-6-19)35(32-16)25-21-13-30-34(24(21)28-15-29-25)20-9-7-18(27)8-10-20/h2-11,13,15,17H,12,14H2,1H3,(H,31,37). The van der Waals surface area contributed by atoms with Crippen LogP contribution in [0.5, 0.6) is 0 Å². The van der Waals surface area contributed by atoms with E-state index < -0.39 is 5.92 Å². The Hall–Kier alpha value is -4.57. The van der Waals surface area contributed by atoms with E-state index in [1.807, 2.05) is 49.4 Å². The molecule has 1 atom stereocenters. The SMILES string of the molecule is Cc1cc(NC(=O)C2CC(=O)N(c3ccccc3)C2)n(-c2ncnc3c2cnn3-c2ccc(Cl)cc2)n1. The predicted octanol–water partition coefficient (Wildman–Crippen LogP) is 3.95. The zero-order valence-corrected chi connectivity index (χ0v) is 20.5. The number of halogens is 1. The van der Waals surface area contributed by atoms with Crippen LogP contribution in [0.1, 0.15) is 12.1 Å². The number of fused-ring (bicyclic) bond motifs is 1. The Morgan fingerprint density at radius 3 is 2.59 bits per heavy atom. The largest absolute Gasteiger partial charge is 0.312 e. The topological polar surface area (TPSA) is 111 Å². The van der Waals surface area contributed by atoms with Crippen LogP contribution in [0.4, 0.5) is 11.5 Å². The zero-order valence-electron chi connectivity index (χ0n) is 19.7. The molecule has 0 radical (unpaired) electrons. The number of aromatic nitrogens is 6. The summed E-state index contributed by atoms with van der Waals surface area (Å²) < 4.78 is 3.25. The van der Waals surface area contributed by atoms with Gasteiger partial charge in [-0.05, 0) is 43.3 Å². The quantitative estimate of drug-likeness (QED) is 0.381. The summed E-state index contributed by atoms with van der Waals surface area (Å²) in [6.45, 7) is 2.14. The van der Waals surface area contributed by atoms with Gasteiger partial charge >= 0.3 is 0 Å². The monoisotopic (exact) mass is 512 g/mol. The van der Waals surface area contributed by atoms with E-state index in [0.29, 0.717) is 39.9 Å². The molecule has 2 aromatic carbocycles. The Morgan fingerprint density at radius 1 is 1.03 bits per heavy atom. The Bertz CT molecular complexity index is 1630. The van der Waals surface area contributed by atoms with Gasteiger partial charge in [0.15, 0.2) is 11.5 Å². The average Bonchev–Trinajstić information content (AvgIpc) is 3.61. The number of hydrogen-bond acceptors (Lipinski definition) is 6. The molecule has 37 heavy (non-hydrogen) atoms. The summed E-state index contributed by atoms with van der Waals surface area (Å²) in [6.07, 6.45) is 3.23. The van der Waals surface area contributed by atoms with Crippen molar-refractivity contribution in [3.8, 4) is 11.5 Å². The molecule has 0 aliphatic carbocycles. The fraction of sp³-hybridized carbons (Fsp3) is 0.154. The molecule has 0 saturated carbocycles. The van der Waals surface area contributed by atoms with Crippen molar-refractivity contribution in [3.63, 3.8) is 0 Å². The van der Waals surface area contributed by atoms with Crippen molar-refractivity contribution in [2.75, 3.05) is 16.8 Å². The van der Waals surface area contributed by atoms with Crippen molar-refractivity contribution in [2.45, 2.75) is 13.3 Å². The van der Waals surface area contributed by atoms with Gasteiger partial charge in [0.05, 0.1) is 28.9 Å². The molecule has 184 valence electrons.